The van der Waals surface area contributed by atoms with Crippen molar-refractivity contribution in [3.63, 3.8) is 0 Å². The summed E-state index contributed by atoms with van der Waals surface area (Å²) in [6, 6.07) is 7.35. The average molecular weight is 331 g/mol. The van der Waals surface area contributed by atoms with Crippen molar-refractivity contribution >= 4 is 17.5 Å². The van der Waals surface area contributed by atoms with Crippen LogP contribution in [0.5, 0.6) is 0 Å². The van der Waals surface area contributed by atoms with Crippen LogP contribution < -0.4 is 17.2 Å². The van der Waals surface area contributed by atoms with E-state index >= 15 is 0 Å². The zero-order valence-electron chi connectivity index (χ0n) is 14.0. The molecule has 0 bridgehead atoms. The first-order valence-electron chi connectivity index (χ1n) is 8.05. The number of rotatable bonds is 9. The Bertz CT molecular complexity index is 646. The van der Waals surface area contributed by atoms with E-state index in [4.69, 9.17) is 26.7 Å². The van der Waals surface area contributed by atoms with Gasteiger partial charge in [0.05, 0.1) is 25.5 Å². The lowest BCUT2D eigenvalue weighted by atomic mass is 10.0. The monoisotopic (exact) mass is 331 g/mol. The van der Waals surface area contributed by atoms with E-state index in [0.29, 0.717) is 30.4 Å². The molecule has 24 heavy (non-hydrogen) atoms. The van der Waals surface area contributed by atoms with Gasteiger partial charge in [-0.1, -0.05) is 25.5 Å². The third kappa shape index (κ3) is 5.07. The summed E-state index contributed by atoms with van der Waals surface area (Å²) in [7, 11) is 0. The van der Waals surface area contributed by atoms with E-state index in [-0.39, 0.29) is 12.6 Å². The zero-order chi connectivity index (χ0) is 17.4. The number of unbranched alkanes of at least 4 members (excludes halogenated alkanes) is 1. The molecular formula is C17H25N5O2. The van der Waals surface area contributed by atoms with E-state index in [1.165, 1.54) is 0 Å². The summed E-state index contributed by atoms with van der Waals surface area (Å²) < 4.78 is 11.1. The van der Waals surface area contributed by atoms with Gasteiger partial charge < -0.3 is 26.7 Å². The third-order valence-electron chi connectivity index (χ3n) is 3.48. The van der Waals surface area contributed by atoms with E-state index in [9.17, 15) is 0 Å². The van der Waals surface area contributed by atoms with Gasteiger partial charge in [-0.2, -0.15) is 4.98 Å². The molecule has 1 heterocycles. The van der Waals surface area contributed by atoms with Crippen molar-refractivity contribution in [2.75, 3.05) is 37.0 Å². The van der Waals surface area contributed by atoms with Crippen LogP contribution in [-0.4, -0.2) is 29.8 Å². The molecule has 2 rings (SSSR count). The van der Waals surface area contributed by atoms with Crippen LogP contribution in [0.2, 0.25) is 0 Å². The Labute approximate surface area is 142 Å². The molecular weight excluding hydrogens is 306 g/mol. The summed E-state index contributed by atoms with van der Waals surface area (Å²) in [5.41, 5.74) is 20.4. The Kier molecular flexibility index (Phi) is 6.77. The summed E-state index contributed by atoms with van der Waals surface area (Å²) in [5, 5.41) is 0. The fourth-order valence-corrected chi connectivity index (χ4v) is 2.25. The van der Waals surface area contributed by atoms with Crippen molar-refractivity contribution in [1.29, 1.82) is 0 Å². The van der Waals surface area contributed by atoms with E-state index in [1.807, 2.05) is 12.1 Å². The summed E-state index contributed by atoms with van der Waals surface area (Å²) in [4.78, 5) is 8.31. The number of ether oxygens (including phenoxy) is 2. The van der Waals surface area contributed by atoms with E-state index in [0.717, 1.165) is 30.6 Å². The maximum Gasteiger partial charge on any atom is 0.222 e. The molecule has 6 N–H and O–H groups in total. The molecule has 0 aliphatic carbocycles. The number of benzene rings is 1. The van der Waals surface area contributed by atoms with Crippen molar-refractivity contribution in [3.05, 3.63) is 30.0 Å². The first-order valence-corrected chi connectivity index (χ1v) is 8.05. The van der Waals surface area contributed by atoms with E-state index < -0.39 is 0 Å². The Hall–Kier alpha value is -2.38. The lowest BCUT2D eigenvalue weighted by Gasteiger charge is -2.13. The second-order valence-electron chi connectivity index (χ2n) is 5.43. The maximum absolute atomic E-state index is 6.03. The molecule has 0 amide bonds. The van der Waals surface area contributed by atoms with Crippen molar-refractivity contribution < 1.29 is 9.47 Å². The lowest BCUT2D eigenvalue weighted by molar-refractivity contribution is 0.0388. The van der Waals surface area contributed by atoms with E-state index in [1.54, 1.807) is 12.1 Å². The highest BCUT2D eigenvalue weighted by Crippen LogP contribution is 2.29. The first-order chi connectivity index (χ1) is 11.6. The standard InChI is InChI=1S/C17H25N5O2/c1-2-3-8-23-9-10-24-11-14-15(16(19)22-17(20)21-14)12-4-6-13(18)7-5-12/h4-7H,2-3,8-11,18H2,1H3,(H4,19,20,21,22). The SMILES string of the molecule is CCCCOCCOCc1nc(N)nc(N)c1-c1ccc(N)cc1. The van der Waals surface area contributed by atoms with Gasteiger partial charge in [0.1, 0.15) is 5.82 Å². The molecule has 2 aromatic rings. The number of nitrogen functional groups attached to an aromatic ring is 3. The predicted molar refractivity (Wildman–Crippen MR) is 96.1 cm³/mol. The summed E-state index contributed by atoms with van der Waals surface area (Å²) in [6.07, 6.45) is 2.17. The average Bonchev–Trinajstić information content (AvgIpc) is 2.55. The van der Waals surface area contributed by atoms with Gasteiger partial charge in [-0.15, -0.1) is 0 Å². The minimum atomic E-state index is 0.129. The zero-order valence-corrected chi connectivity index (χ0v) is 14.0. The van der Waals surface area contributed by atoms with Crippen LogP contribution in [0.1, 0.15) is 25.5 Å². The smallest absolute Gasteiger partial charge is 0.222 e. The second kappa shape index (κ2) is 9.05. The fourth-order valence-electron chi connectivity index (χ4n) is 2.25. The summed E-state index contributed by atoms with van der Waals surface area (Å²) >= 11 is 0. The van der Waals surface area contributed by atoms with Crippen LogP contribution in [0.15, 0.2) is 24.3 Å². The lowest BCUT2D eigenvalue weighted by Crippen LogP contribution is -2.10. The van der Waals surface area contributed by atoms with Gasteiger partial charge in [-0.3, -0.25) is 0 Å². The van der Waals surface area contributed by atoms with Gasteiger partial charge in [-0.25, -0.2) is 4.98 Å². The highest BCUT2D eigenvalue weighted by atomic mass is 16.5. The molecule has 0 fully saturated rings. The van der Waals surface area contributed by atoms with Gasteiger partial charge in [0.25, 0.3) is 0 Å². The number of nitrogens with zero attached hydrogens (tertiary/aromatic N) is 2. The molecule has 0 saturated carbocycles. The Morgan fingerprint density at radius 1 is 0.917 bits per heavy atom. The molecule has 1 aromatic heterocycles. The Balaban J connectivity index is 2.04. The van der Waals surface area contributed by atoms with Crippen LogP contribution in [-0.2, 0) is 16.1 Å². The molecule has 0 atom stereocenters. The highest BCUT2D eigenvalue weighted by molar-refractivity contribution is 5.77. The number of aromatic nitrogens is 2. The normalized spacial score (nSPS) is 10.9. The van der Waals surface area contributed by atoms with Gasteiger partial charge in [0, 0.05) is 17.9 Å². The number of anilines is 3. The minimum absolute atomic E-state index is 0.129. The first kappa shape index (κ1) is 18.0. The molecule has 0 aliphatic rings. The van der Waals surface area contributed by atoms with Crippen LogP contribution in [0.3, 0.4) is 0 Å². The van der Waals surface area contributed by atoms with Gasteiger partial charge in [-0.05, 0) is 24.1 Å². The van der Waals surface area contributed by atoms with Crippen molar-refractivity contribution in [2.24, 2.45) is 0 Å². The number of nitrogens with two attached hydrogens (primary N) is 3. The van der Waals surface area contributed by atoms with Crippen molar-refractivity contribution in [3.8, 4) is 11.1 Å². The topological polar surface area (TPSA) is 122 Å². The van der Waals surface area contributed by atoms with Gasteiger partial charge in [0.2, 0.25) is 5.95 Å². The van der Waals surface area contributed by atoms with Crippen LogP contribution >= 0.6 is 0 Å². The van der Waals surface area contributed by atoms with Crippen LogP contribution in [0.4, 0.5) is 17.5 Å². The van der Waals surface area contributed by atoms with Gasteiger partial charge in [0.15, 0.2) is 0 Å². The maximum atomic E-state index is 6.03. The molecule has 1 aromatic carbocycles. The Morgan fingerprint density at radius 3 is 2.33 bits per heavy atom. The van der Waals surface area contributed by atoms with Gasteiger partial charge >= 0.3 is 0 Å². The number of hydrogen-bond acceptors (Lipinski definition) is 7. The van der Waals surface area contributed by atoms with Crippen molar-refractivity contribution in [2.45, 2.75) is 26.4 Å². The quantitative estimate of drug-likeness (QED) is 0.475. The predicted octanol–water partition coefficient (Wildman–Crippen LogP) is 2.22. The summed E-state index contributed by atoms with van der Waals surface area (Å²) in [6.45, 7) is 4.20. The number of hydrogen-bond donors (Lipinski definition) is 3. The molecule has 0 aliphatic heterocycles. The fraction of sp³-hybridized carbons (Fsp3) is 0.412. The molecule has 130 valence electrons. The molecule has 7 nitrogen and oxygen atoms in total. The summed E-state index contributed by atoms with van der Waals surface area (Å²) in [5.74, 6) is 0.453. The molecule has 0 unspecified atom stereocenters. The molecule has 0 spiro atoms. The Morgan fingerprint density at radius 2 is 1.62 bits per heavy atom. The van der Waals surface area contributed by atoms with E-state index in [2.05, 4.69) is 16.9 Å². The molecule has 0 saturated heterocycles. The van der Waals surface area contributed by atoms with Crippen LogP contribution in [0.25, 0.3) is 11.1 Å². The molecule has 0 radical (unpaired) electrons. The highest BCUT2D eigenvalue weighted by Gasteiger charge is 2.13. The largest absolute Gasteiger partial charge is 0.399 e. The van der Waals surface area contributed by atoms with Crippen molar-refractivity contribution in [1.82, 2.24) is 9.97 Å². The molecule has 7 heteroatoms. The second-order valence-corrected chi connectivity index (χ2v) is 5.43. The third-order valence-corrected chi connectivity index (χ3v) is 3.48. The van der Waals surface area contributed by atoms with Crippen LogP contribution in [0, 0.1) is 0 Å². The minimum Gasteiger partial charge on any atom is -0.399 e.